The minimum Gasteiger partial charge on any atom is -0.362 e. The van der Waals surface area contributed by atoms with Gasteiger partial charge in [0.25, 0.3) is 0 Å². The van der Waals surface area contributed by atoms with E-state index in [0.29, 0.717) is 5.92 Å². The molecule has 2 heteroatoms. The average molecular weight is 177 g/mol. The van der Waals surface area contributed by atoms with Crippen molar-refractivity contribution in [2.24, 2.45) is 11.8 Å². The lowest BCUT2D eigenvalue weighted by atomic mass is 9.97. The van der Waals surface area contributed by atoms with E-state index < -0.39 is 0 Å². The molecule has 0 saturated carbocycles. The number of alkyl halides is 1. The van der Waals surface area contributed by atoms with Crippen molar-refractivity contribution in [2.75, 3.05) is 6.61 Å². The largest absolute Gasteiger partial charge is 0.362 e. The van der Waals surface area contributed by atoms with E-state index in [0.717, 1.165) is 18.9 Å². The zero-order valence-electron chi connectivity index (χ0n) is 7.35. The number of rotatable bonds is 3. The van der Waals surface area contributed by atoms with Crippen molar-refractivity contribution in [3.8, 4) is 0 Å². The molecule has 1 rings (SSSR count). The molecule has 0 aromatic heterocycles. The molecule has 2 unspecified atom stereocenters. The zero-order chi connectivity index (χ0) is 8.27. The van der Waals surface area contributed by atoms with Gasteiger partial charge in [-0.2, -0.15) is 0 Å². The first kappa shape index (κ1) is 9.34. The molecule has 1 saturated heterocycles. The van der Waals surface area contributed by atoms with Gasteiger partial charge in [-0.05, 0) is 18.8 Å². The first-order valence-corrected chi connectivity index (χ1v) is 4.89. The van der Waals surface area contributed by atoms with Crippen molar-refractivity contribution in [3.05, 3.63) is 0 Å². The normalized spacial score (nSPS) is 31.6. The molecule has 0 N–H and O–H groups in total. The molecule has 1 aliphatic rings. The molecule has 0 radical (unpaired) electrons. The van der Waals surface area contributed by atoms with E-state index in [2.05, 4.69) is 13.8 Å². The summed E-state index contributed by atoms with van der Waals surface area (Å²) in [7, 11) is 0. The van der Waals surface area contributed by atoms with E-state index in [-0.39, 0.29) is 5.56 Å². The first-order valence-electron chi connectivity index (χ1n) is 4.46. The Morgan fingerprint density at radius 2 is 2.27 bits per heavy atom. The molecule has 0 spiro atoms. The minimum absolute atomic E-state index is 0.00579. The van der Waals surface area contributed by atoms with Crippen LogP contribution in [0.25, 0.3) is 0 Å². The highest BCUT2D eigenvalue weighted by molar-refractivity contribution is 6.20. The molecule has 0 amide bonds. The van der Waals surface area contributed by atoms with Gasteiger partial charge in [-0.15, -0.1) is 0 Å². The molecule has 2 atom stereocenters. The van der Waals surface area contributed by atoms with Crippen LogP contribution in [0.4, 0.5) is 0 Å². The smallest absolute Gasteiger partial charge is 0.134 e. The summed E-state index contributed by atoms with van der Waals surface area (Å²) in [6, 6.07) is 0. The highest BCUT2D eigenvalue weighted by atomic mass is 35.5. The van der Waals surface area contributed by atoms with E-state index in [1.165, 1.54) is 12.8 Å². The van der Waals surface area contributed by atoms with Gasteiger partial charge >= 0.3 is 0 Å². The Morgan fingerprint density at radius 3 is 2.73 bits per heavy atom. The summed E-state index contributed by atoms with van der Waals surface area (Å²) < 4.78 is 5.26. The van der Waals surface area contributed by atoms with Crippen LogP contribution in [0.15, 0.2) is 0 Å². The third-order valence-electron chi connectivity index (χ3n) is 2.25. The van der Waals surface area contributed by atoms with Gasteiger partial charge in [0.1, 0.15) is 5.56 Å². The third-order valence-corrected chi connectivity index (χ3v) is 2.73. The lowest BCUT2D eigenvalue weighted by Gasteiger charge is -2.12. The Kier molecular flexibility index (Phi) is 3.67. The van der Waals surface area contributed by atoms with Crippen LogP contribution >= 0.6 is 11.6 Å². The summed E-state index contributed by atoms with van der Waals surface area (Å²) in [5.41, 5.74) is -0.00579. The van der Waals surface area contributed by atoms with Crippen LogP contribution in [-0.4, -0.2) is 12.2 Å². The van der Waals surface area contributed by atoms with Gasteiger partial charge in [0.05, 0.1) is 0 Å². The summed E-state index contributed by atoms with van der Waals surface area (Å²) in [6.07, 6.45) is 3.66. The first-order chi connectivity index (χ1) is 5.20. The van der Waals surface area contributed by atoms with Crippen LogP contribution in [0.1, 0.15) is 33.1 Å². The molecule has 0 aromatic carbocycles. The second-order valence-corrected chi connectivity index (χ2v) is 4.17. The second kappa shape index (κ2) is 4.32. The molecule has 0 aliphatic carbocycles. The Labute approximate surface area is 74.1 Å². The summed E-state index contributed by atoms with van der Waals surface area (Å²) in [5, 5.41) is 0. The highest BCUT2D eigenvalue weighted by Gasteiger charge is 2.25. The molecule has 1 heterocycles. The van der Waals surface area contributed by atoms with Crippen LogP contribution in [0.2, 0.25) is 0 Å². The molecule has 1 fully saturated rings. The fraction of sp³-hybridized carbons (Fsp3) is 1.00. The van der Waals surface area contributed by atoms with Gasteiger partial charge in [0.15, 0.2) is 0 Å². The highest BCUT2D eigenvalue weighted by Crippen LogP contribution is 2.28. The van der Waals surface area contributed by atoms with Crippen molar-refractivity contribution in [1.82, 2.24) is 0 Å². The van der Waals surface area contributed by atoms with Crippen LogP contribution in [0.3, 0.4) is 0 Å². The summed E-state index contributed by atoms with van der Waals surface area (Å²) in [6.45, 7) is 5.36. The van der Waals surface area contributed by atoms with Crippen LogP contribution < -0.4 is 0 Å². The maximum atomic E-state index is 5.94. The molecule has 1 aliphatic heterocycles. The topological polar surface area (TPSA) is 9.23 Å². The van der Waals surface area contributed by atoms with E-state index in [1.54, 1.807) is 0 Å². The monoisotopic (exact) mass is 176 g/mol. The predicted molar refractivity (Wildman–Crippen MR) is 47.8 cm³/mol. The average Bonchev–Trinajstić information content (AvgIpc) is 2.31. The third kappa shape index (κ3) is 3.00. The Morgan fingerprint density at radius 1 is 1.55 bits per heavy atom. The van der Waals surface area contributed by atoms with Crippen LogP contribution in [-0.2, 0) is 4.74 Å². The molecule has 0 aromatic rings. The van der Waals surface area contributed by atoms with Crippen molar-refractivity contribution in [2.45, 2.75) is 38.7 Å². The molecule has 11 heavy (non-hydrogen) atoms. The number of hydrogen-bond donors (Lipinski definition) is 0. The van der Waals surface area contributed by atoms with E-state index >= 15 is 0 Å². The Hall–Kier alpha value is 0.250. The van der Waals surface area contributed by atoms with E-state index in [1.807, 2.05) is 0 Å². The van der Waals surface area contributed by atoms with Crippen molar-refractivity contribution >= 4 is 11.6 Å². The standard InChI is InChI=1S/C9H17ClO/c1-7(2)3-4-8-5-6-11-9(8)10/h7-9H,3-6H2,1-2H3. The van der Waals surface area contributed by atoms with Crippen molar-refractivity contribution in [1.29, 1.82) is 0 Å². The summed E-state index contributed by atoms with van der Waals surface area (Å²) in [5.74, 6) is 1.40. The van der Waals surface area contributed by atoms with Crippen molar-refractivity contribution in [3.63, 3.8) is 0 Å². The molecular weight excluding hydrogens is 160 g/mol. The van der Waals surface area contributed by atoms with E-state index in [9.17, 15) is 0 Å². The van der Waals surface area contributed by atoms with E-state index in [4.69, 9.17) is 16.3 Å². The number of hydrogen-bond acceptors (Lipinski definition) is 1. The summed E-state index contributed by atoms with van der Waals surface area (Å²) in [4.78, 5) is 0. The summed E-state index contributed by atoms with van der Waals surface area (Å²) >= 11 is 5.94. The van der Waals surface area contributed by atoms with Crippen LogP contribution in [0.5, 0.6) is 0 Å². The maximum absolute atomic E-state index is 5.94. The SMILES string of the molecule is CC(C)CCC1CCOC1Cl. The lowest BCUT2D eigenvalue weighted by molar-refractivity contribution is 0.150. The number of ether oxygens (including phenoxy) is 1. The Bertz CT molecular complexity index is 114. The van der Waals surface area contributed by atoms with Gasteiger partial charge in [-0.3, -0.25) is 0 Å². The number of halogens is 1. The molecule has 66 valence electrons. The Balaban J connectivity index is 2.15. The zero-order valence-corrected chi connectivity index (χ0v) is 8.10. The van der Waals surface area contributed by atoms with Crippen molar-refractivity contribution < 1.29 is 4.74 Å². The van der Waals surface area contributed by atoms with Gasteiger partial charge in [-0.1, -0.05) is 31.9 Å². The van der Waals surface area contributed by atoms with Gasteiger partial charge < -0.3 is 4.74 Å². The fourth-order valence-corrected chi connectivity index (χ4v) is 1.76. The van der Waals surface area contributed by atoms with Gasteiger partial charge in [0, 0.05) is 12.5 Å². The minimum atomic E-state index is -0.00579. The maximum Gasteiger partial charge on any atom is 0.134 e. The molecular formula is C9H17ClO. The quantitative estimate of drug-likeness (QED) is 0.601. The molecule has 1 nitrogen and oxygen atoms in total. The fourth-order valence-electron chi connectivity index (χ4n) is 1.42. The predicted octanol–water partition coefficient (Wildman–Crippen LogP) is 3.02. The van der Waals surface area contributed by atoms with Crippen LogP contribution in [0, 0.1) is 11.8 Å². The van der Waals surface area contributed by atoms with Gasteiger partial charge in [0.2, 0.25) is 0 Å². The van der Waals surface area contributed by atoms with Gasteiger partial charge in [-0.25, -0.2) is 0 Å². The second-order valence-electron chi connectivity index (χ2n) is 3.74. The lowest BCUT2D eigenvalue weighted by Crippen LogP contribution is -2.09. The molecule has 0 bridgehead atoms.